The molecule has 0 fully saturated rings. The first-order chi connectivity index (χ1) is 10.8. The van der Waals surface area contributed by atoms with Crippen molar-refractivity contribution < 1.29 is 17.6 Å². The summed E-state index contributed by atoms with van der Waals surface area (Å²) < 4.78 is 44.4. The first-order valence-corrected chi connectivity index (χ1v) is 8.31. The molecule has 122 valence electrons. The van der Waals surface area contributed by atoms with Crippen LogP contribution in [0, 0.1) is 6.92 Å². The number of nitrogens with zero attached hydrogens (tertiary/aromatic N) is 4. The third-order valence-corrected chi connectivity index (χ3v) is 4.90. The lowest BCUT2D eigenvalue weighted by atomic mass is 10.4. The average molecular weight is 360 g/mol. The van der Waals surface area contributed by atoms with Crippen LogP contribution >= 0.6 is 23.1 Å². The summed E-state index contributed by atoms with van der Waals surface area (Å²) in [5.41, 5.74) is 0.751. The molecule has 23 heavy (non-hydrogen) atoms. The van der Waals surface area contributed by atoms with E-state index in [1.54, 1.807) is 0 Å². The van der Waals surface area contributed by atoms with Crippen LogP contribution in [-0.4, -0.2) is 19.7 Å². The van der Waals surface area contributed by atoms with Crippen LogP contribution in [0.1, 0.15) is 17.3 Å². The van der Waals surface area contributed by atoms with Gasteiger partial charge < -0.3 is 8.98 Å². The van der Waals surface area contributed by atoms with Crippen LogP contribution in [0.3, 0.4) is 0 Å². The molecule has 3 aromatic rings. The molecule has 3 rings (SSSR count). The summed E-state index contributed by atoms with van der Waals surface area (Å²) in [5.74, 6) is 0.872. The van der Waals surface area contributed by atoms with Gasteiger partial charge in [-0.1, -0.05) is 11.8 Å². The predicted molar refractivity (Wildman–Crippen MR) is 80.1 cm³/mol. The molecule has 3 heterocycles. The molecule has 0 atom stereocenters. The van der Waals surface area contributed by atoms with Crippen LogP contribution < -0.4 is 0 Å². The lowest BCUT2D eigenvalue weighted by Crippen LogP contribution is -2.12. The second kappa shape index (κ2) is 6.00. The van der Waals surface area contributed by atoms with Gasteiger partial charge in [-0.3, -0.25) is 0 Å². The van der Waals surface area contributed by atoms with Crippen molar-refractivity contribution in [2.45, 2.75) is 24.0 Å². The monoisotopic (exact) mass is 360 g/mol. The van der Waals surface area contributed by atoms with E-state index in [-0.39, 0.29) is 5.16 Å². The lowest BCUT2D eigenvalue weighted by molar-refractivity contribution is -0.147. The number of furan rings is 1. The Morgan fingerprint density at radius 3 is 2.70 bits per heavy atom. The summed E-state index contributed by atoms with van der Waals surface area (Å²) in [6, 6.07) is 3.69. The topological polar surface area (TPSA) is 56.7 Å². The largest absolute Gasteiger partial charge is 0.459 e. The first-order valence-electron chi connectivity index (χ1n) is 6.45. The van der Waals surface area contributed by atoms with E-state index in [4.69, 9.17) is 4.42 Å². The molecule has 0 amide bonds. The fourth-order valence-corrected chi connectivity index (χ4v) is 3.55. The molecule has 0 saturated carbocycles. The molecule has 0 bridgehead atoms. The summed E-state index contributed by atoms with van der Waals surface area (Å²) in [6.07, 6.45) is -4.51. The van der Waals surface area contributed by atoms with Crippen molar-refractivity contribution >= 4 is 23.1 Å². The second-order valence-electron chi connectivity index (χ2n) is 4.71. The van der Waals surface area contributed by atoms with Crippen molar-refractivity contribution in [1.82, 2.24) is 19.7 Å². The van der Waals surface area contributed by atoms with Crippen LogP contribution in [-0.2, 0) is 19.0 Å². The number of thiazole rings is 1. The quantitative estimate of drug-likeness (QED) is 0.654. The fourth-order valence-electron chi connectivity index (χ4n) is 1.86. The first kappa shape index (κ1) is 16.1. The van der Waals surface area contributed by atoms with Crippen LogP contribution in [0.4, 0.5) is 13.2 Å². The van der Waals surface area contributed by atoms with E-state index in [0.29, 0.717) is 11.5 Å². The summed E-state index contributed by atoms with van der Waals surface area (Å²) in [4.78, 5) is 4.42. The van der Waals surface area contributed by atoms with E-state index in [1.165, 1.54) is 18.4 Å². The maximum Gasteiger partial charge on any atom is 0.451 e. The van der Waals surface area contributed by atoms with Gasteiger partial charge in [-0.05, 0) is 19.1 Å². The van der Waals surface area contributed by atoms with Crippen molar-refractivity contribution in [2.75, 3.05) is 0 Å². The van der Waals surface area contributed by atoms with Crippen LogP contribution in [0.2, 0.25) is 0 Å². The number of hydrogen-bond donors (Lipinski definition) is 0. The van der Waals surface area contributed by atoms with E-state index >= 15 is 0 Å². The Balaban J connectivity index is 1.70. The maximum absolute atomic E-state index is 12.7. The van der Waals surface area contributed by atoms with Crippen molar-refractivity contribution in [3.8, 4) is 10.8 Å². The minimum absolute atomic E-state index is 0.195. The number of aromatic nitrogens is 4. The number of aryl methyl sites for hydroxylation is 1. The highest BCUT2D eigenvalue weighted by atomic mass is 32.2. The molecule has 0 radical (unpaired) electrons. The smallest absolute Gasteiger partial charge is 0.451 e. The molecule has 0 aromatic carbocycles. The van der Waals surface area contributed by atoms with E-state index < -0.39 is 12.0 Å². The lowest BCUT2D eigenvalue weighted by Gasteiger charge is -2.05. The normalized spacial score (nSPS) is 12.0. The highest BCUT2D eigenvalue weighted by Crippen LogP contribution is 2.31. The van der Waals surface area contributed by atoms with E-state index in [2.05, 4.69) is 15.2 Å². The molecule has 0 saturated heterocycles. The fraction of sp³-hybridized carbons (Fsp3) is 0.308. The van der Waals surface area contributed by atoms with Crippen LogP contribution in [0.15, 0.2) is 27.1 Å². The van der Waals surface area contributed by atoms with Gasteiger partial charge in [0.15, 0.2) is 15.9 Å². The SMILES string of the molecule is Cc1ccc(-c2nc(CSc3nnc(C(F)(F)F)n3C)cs2)o1. The van der Waals surface area contributed by atoms with Crippen molar-refractivity contribution in [1.29, 1.82) is 0 Å². The third-order valence-electron chi connectivity index (χ3n) is 2.94. The van der Waals surface area contributed by atoms with Crippen molar-refractivity contribution in [3.05, 3.63) is 34.8 Å². The molecule has 10 heteroatoms. The average Bonchev–Trinajstić information content (AvgIpc) is 3.15. The Hall–Kier alpha value is -1.81. The summed E-state index contributed by atoms with van der Waals surface area (Å²) in [7, 11) is 1.29. The zero-order chi connectivity index (χ0) is 16.6. The molecule has 3 aromatic heterocycles. The maximum atomic E-state index is 12.7. The summed E-state index contributed by atoms with van der Waals surface area (Å²) in [6.45, 7) is 1.85. The van der Waals surface area contributed by atoms with Gasteiger partial charge in [0.25, 0.3) is 0 Å². The van der Waals surface area contributed by atoms with Gasteiger partial charge in [0, 0.05) is 18.2 Å². The van der Waals surface area contributed by atoms with E-state index in [0.717, 1.165) is 32.8 Å². The van der Waals surface area contributed by atoms with Gasteiger partial charge in [0.05, 0.1) is 5.69 Å². The van der Waals surface area contributed by atoms with Crippen molar-refractivity contribution in [3.63, 3.8) is 0 Å². The standard InChI is InChI=1S/C13H11F3N4OS2/c1-7-3-4-9(21-7)10-17-8(5-22-10)6-23-12-19-18-11(20(12)2)13(14,15)16/h3-5H,6H2,1-2H3. The zero-order valence-electron chi connectivity index (χ0n) is 12.1. The second-order valence-corrected chi connectivity index (χ2v) is 6.51. The molecule has 0 N–H and O–H groups in total. The van der Waals surface area contributed by atoms with Gasteiger partial charge in [0.1, 0.15) is 5.76 Å². The van der Waals surface area contributed by atoms with Gasteiger partial charge in [-0.15, -0.1) is 21.5 Å². The Bertz CT molecular complexity index is 821. The highest BCUT2D eigenvalue weighted by molar-refractivity contribution is 7.98. The minimum Gasteiger partial charge on any atom is -0.459 e. The molecule has 5 nitrogen and oxygen atoms in total. The van der Waals surface area contributed by atoms with Gasteiger partial charge in [0.2, 0.25) is 5.82 Å². The number of halogens is 3. The minimum atomic E-state index is -4.51. The van der Waals surface area contributed by atoms with E-state index in [1.807, 2.05) is 24.4 Å². The molecule has 0 aliphatic heterocycles. The van der Waals surface area contributed by atoms with Gasteiger partial charge in [-0.2, -0.15) is 13.2 Å². The predicted octanol–water partition coefficient (Wildman–Crippen LogP) is 4.15. The summed E-state index contributed by atoms with van der Waals surface area (Å²) >= 11 is 2.58. The Morgan fingerprint density at radius 2 is 2.09 bits per heavy atom. The Morgan fingerprint density at radius 1 is 1.30 bits per heavy atom. The molecule has 0 aliphatic rings. The van der Waals surface area contributed by atoms with Crippen molar-refractivity contribution in [2.24, 2.45) is 7.05 Å². The highest BCUT2D eigenvalue weighted by Gasteiger charge is 2.37. The number of rotatable bonds is 4. The van der Waals surface area contributed by atoms with E-state index in [9.17, 15) is 13.2 Å². The number of thioether (sulfide) groups is 1. The molecule has 0 unspecified atom stereocenters. The zero-order valence-corrected chi connectivity index (χ0v) is 13.7. The molecule has 0 spiro atoms. The van der Waals surface area contributed by atoms with Gasteiger partial charge in [-0.25, -0.2) is 4.98 Å². The van der Waals surface area contributed by atoms with Gasteiger partial charge >= 0.3 is 6.18 Å². The molecular weight excluding hydrogens is 349 g/mol. The Labute approximate surface area is 137 Å². The molecule has 0 aliphatic carbocycles. The van der Waals surface area contributed by atoms with Crippen LogP contribution in [0.25, 0.3) is 10.8 Å². The molecular formula is C13H11F3N4OS2. The van der Waals surface area contributed by atoms with Crippen LogP contribution in [0.5, 0.6) is 0 Å². The number of alkyl halides is 3. The third kappa shape index (κ3) is 3.42. The summed E-state index contributed by atoms with van der Waals surface area (Å²) in [5, 5.41) is 9.55. The number of hydrogen-bond acceptors (Lipinski definition) is 6. The Kier molecular flexibility index (Phi) is 4.19.